The summed E-state index contributed by atoms with van der Waals surface area (Å²) in [5.41, 5.74) is 0. The Morgan fingerprint density at radius 2 is 0.474 bits per heavy atom. The number of unbranched alkanes of at least 4 members (excludes halogenated alkanes) is 47. The lowest BCUT2D eigenvalue weighted by Crippen LogP contribution is -2.30. The van der Waals surface area contributed by atoms with Gasteiger partial charge in [0.1, 0.15) is 19.3 Å². The number of aliphatic hydroxyl groups is 1. The van der Waals surface area contributed by atoms with Gasteiger partial charge in [-0.25, -0.2) is 9.13 Å². The minimum atomic E-state index is -4.96. The Morgan fingerprint density at radius 1 is 0.278 bits per heavy atom. The van der Waals surface area contributed by atoms with Crippen LogP contribution in [0.15, 0.2) is 0 Å². The van der Waals surface area contributed by atoms with E-state index >= 15 is 0 Å². The minimum absolute atomic E-state index is 0.108. The molecule has 97 heavy (non-hydrogen) atoms. The summed E-state index contributed by atoms with van der Waals surface area (Å²) in [7, 11) is -9.91. The van der Waals surface area contributed by atoms with Crippen LogP contribution < -0.4 is 0 Å². The standard InChI is InChI=1S/C78H152O17P2/c1-7-9-11-13-15-17-18-25-33-38-44-50-56-62-77(82)94-73(66-88-75(80)60-54-48-42-16-14-12-10-8-2)68-92-96(84,85)90-64-72(79)65-91-97(86,87)93-69-74(95-78(83)63-57-51-45-39-34-29-24-20-22-27-31-36-41-47-53-59-71(5)6)67-89-76(81)61-55-49-43-37-32-28-23-19-21-26-30-35-40-46-52-58-70(3)4/h70-74,79H,7-69H2,1-6H3,(H,84,85)(H,86,87)/t72-,73+,74+/m0/s1. The zero-order valence-corrected chi connectivity index (χ0v) is 65.2. The number of hydrogen-bond acceptors (Lipinski definition) is 15. The zero-order chi connectivity index (χ0) is 71.4. The maximum absolute atomic E-state index is 13.1. The van der Waals surface area contributed by atoms with Gasteiger partial charge >= 0.3 is 39.5 Å². The van der Waals surface area contributed by atoms with E-state index in [1.54, 1.807) is 0 Å². The summed E-state index contributed by atoms with van der Waals surface area (Å²) in [5, 5.41) is 10.6. The number of phosphoric acid groups is 2. The van der Waals surface area contributed by atoms with Gasteiger partial charge in [0.2, 0.25) is 0 Å². The Hall–Kier alpha value is -1.94. The first-order chi connectivity index (χ1) is 46.9. The monoisotopic (exact) mass is 1420 g/mol. The van der Waals surface area contributed by atoms with Crippen LogP contribution in [0.25, 0.3) is 0 Å². The molecule has 0 aliphatic heterocycles. The molecule has 0 aliphatic carbocycles. The summed E-state index contributed by atoms with van der Waals surface area (Å²) < 4.78 is 68.5. The van der Waals surface area contributed by atoms with Gasteiger partial charge in [0.05, 0.1) is 26.4 Å². The van der Waals surface area contributed by atoms with E-state index < -0.39 is 97.5 Å². The zero-order valence-electron chi connectivity index (χ0n) is 63.4. The molecule has 0 fully saturated rings. The Balaban J connectivity index is 5.20. The number of carbonyl (C=O) groups is 4. The lowest BCUT2D eigenvalue weighted by molar-refractivity contribution is -0.161. The maximum atomic E-state index is 13.1. The van der Waals surface area contributed by atoms with Gasteiger partial charge in [0, 0.05) is 25.7 Å². The lowest BCUT2D eigenvalue weighted by atomic mass is 10.0. The van der Waals surface area contributed by atoms with Gasteiger partial charge in [-0.1, -0.05) is 356 Å². The normalized spacial score (nSPS) is 14.0. The third-order valence-electron chi connectivity index (χ3n) is 18.2. The van der Waals surface area contributed by atoms with E-state index in [0.717, 1.165) is 108 Å². The summed E-state index contributed by atoms with van der Waals surface area (Å²) in [5.74, 6) is -0.505. The van der Waals surface area contributed by atoms with Crippen molar-refractivity contribution in [1.82, 2.24) is 0 Å². The predicted octanol–water partition coefficient (Wildman–Crippen LogP) is 23.1. The maximum Gasteiger partial charge on any atom is 0.472 e. The molecule has 17 nitrogen and oxygen atoms in total. The molecule has 0 rings (SSSR count). The van der Waals surface area contributed by atoms with E-state index in [1.807, 2.05) is 0 Å². The van der Waals surface area contributed by atoms with E-state index in [0.29, 0.717) is 25.7 Å². The van der Waals surface area contributed by atoms with Crippen LogP contribution in [0.4, 0.5) is 0 Å². The number of esters is 4. The average Bonchev–Trinajstić information content (AvgIpc) is 1.33. The molecule has 0 aromatic carbocycles. The highest BCUT2D eigenvalue weighted by atomic mass is 31.2. The van der Waals surface area contributed by atoms with Gasteiger partial charge in [-0.3, -0.25) is 37.3 Å². The first-order valence-corrected chi connectivity index (χ1v) is 43.5. The smallest absolute Gasteiger partial charge is 0.462 e. The molecular formula is C78H152O17P2. The number of rotatable bonds is 77. The highest BCUT2D eigenvalue weighted by molar-refractivity contribution is 7.47. The van der Waals surface area contributed by atoms with Crippen LogP contribution in [0, 0.1) is 11.8 Å². The van der Waals surface area contributed by atoms with E-state index in [4.69, 9.17) is 37.0 Å². The third-order valence-corrected chi connectivity index (χ3v) is 20.1. The van der Waals surface area contributed by atoms with Crippen LogP contribution in [-0.2, 0) is 65.4 Å². The van der Waals surface area contributed by atoms with E-state index in [2.05, 4.69) is 41.5 Å². The molecule has 0 bridgehead atoms. The summed E-state index contributed by atoms with van der Waals surface area (Å²) in [6, 6.07) is 0. The van der Waals surface area contributed by atoms with Crippen LogP contribution in [0.5, 0.6) is 0 Å². The number of hydrogen-bond donors (Lipinski definition) is 3. The van der Waals surface area contributed by atoms with Crippen molar-refractivity contribution in [3.63, 3.8) is 0 Å². The van der Waals surface area contributed by atoms with E-state index in [-0.39, 0.29) is 25.7 Å². The Morgan fingerprint density at radius 3 is 0.701 bits per heavy atom. The summed E-state index contributed by atoms with van der Waals surface area (Å²) >= 11 is 0. The molecule has 0 amide bonds. The molecule has 19 heteroatoms. The molecule has 0 spiro atoms. The topological polar surface area (TPSA) is 237 Å². The number of ether oxygens (including phenoxy) is 4. The van der Waals surface area contributed by atoms with Gasteiger partial charge in [0.25, 0.3) is 0 Å². The molecule has 0 aromatic heterocycles. The van der Waals surface area contributed by atoms with Crippen molar-refractivity contribution in [3.05, 3.63) is 0 Å². The van der Waals surface area contributed by atoms with Crippen molar-refractivity contribution in [2.45, 2.75) is 426 Å². The summed E-state index contributed by atoms with van der Waals surface area (Å²) in [6.45, 7) is 9.64. The molecular weight excluding hydrogens is 1270 g/mol. The molecule has 0 aliphatic rings. The number of carbonyl (C=O) groups excluding carboxylic acids is 4. The van der Waals surface area contributed by atoms with E-state index in [1.165, 1.54) is 218 Å². The van der Waals surface area contributed by atoms with Crippen molar-refractivity contribution < 1.29 is 80.2 Å². The van der Waals surface area contributed by atoms with Crippen LogP contribution >= 0.6 is 15.6 Å². The van der Waals surface area contributed by atoms with Crippen LogP contribution in [0.3, 0.4) is 0 Å². The molecule has 576 valence electrons. The lowest BCUT2D eigenvalue weighted by Gasteiger charge is -2.21. The number of aliphatic hydroxyl groups excluding tert-OH is 1. The Bertz CT molecular complexity index is 1870. The van der Waals surface area contributed by atoms with Crippen molar-refractivity contribution in [3.8, 4) is 0 Å². The molecule has 0 heterocycles. The van der Waals surface area contributed by atoms with Gasteiger partial charge in [-0.2, -0.15) is 0 Å². The Kier molecular flexibility index (Phi) is 68.4. The molecule has 3 N–H and O–H groups in total. The second kappa shape index (κ2) is 69.8. The first kappa shape index (κ1) is 95.1. The van der Waals surface area contributed by atoms with Gasteiger partial charge in [-0.05, 0) is 37.5 Å². The quantitative estimate of drug-likeness (QED) is 0.0222. The average molecular weight is 1420 g/mol. The van der Waals surface area contributed by atoms with Crippen LogP contribution in [0.1, 0.15) is 408 Å². The number of phosphoric ester groups is 2. The molecule has 5 atom stereocenters. The van der Waals surface area contributed by atoms with E-state index in [9.17, 15) is 43.2 Å². The highest BCUT2D eigenvalue weighted by Gasteiger charge is 2.30. The summed E-state index contributed by atoms with van der Waals surface area (Å²) in [4.78, 5) is 72.8. The summed E-state index contributed by atoms with van der Waals surface area (Å²) in [6.07, 6.45) is 58.3. The molecule has 2 unspecified atom stereocenters. The van der Waals surface area contributed by atoms with Gasteiger partial charge in [-0.15, -0.1) is 0 Å². The fourth-order valence-corrected chi connectivity index (χ4v) is 13.6. The highest BCUT2D eigenvalue weighted by Crippen LogP contribution is 2.45. The van der Waals surface area contributed by atoms with Gasteiger partial charge in [0.15, 0.2) is 12.2 Å². The Labute approximate surface area is 594 Å². The molecule has 0 radical (unpaired) electrons. The largest absolute Gasteiger partial charge is 0.472 e. The third kappa shape index (κ3) is 72.2. The fourth-order valence-electron chi connectivity index (χ4n) is 12.0. The molecule has 0 aromatic rings. The van der Waals surface area contributed by atoms with Crippen molar-refractivity contribution in [2.24, 2.45) is 11.8 Å². The first-order valence-electron chi connectivity index (χ1n) is 40.5. The fraction of sp³-hybridized carbons (Fsp3) is 0.949. The van der Waals surface area contributed by atoms with Crippen LogP contribution in [0.2, 0.25) is 0 Å². The van der Waals surface area contributed by atoms with Crippen molar-refractivity contribution >= 4 is 39.5 Å². The van der Waals surface area contributed by atoms with Crippen LogP contribution in [-0.4, -0.2) is 96.7 Å². The van der Waals surface area contributed by atoms with Gasteiger partial charge < -0.3 is 33.8 Å². The predicted molar refractivity (Wildman–Crippen MR) is 395 cm³/mol. The minimum Gasteiger partial charge on any atom is -0.462 e. The second-order valence-electron chi connectivity index (χ2n) is 29.1. The van der Waals surface area contributed by atoms with Crippen molar-refractivity contribution in [1.29, 1.82) is 0 Å². The SMILES string of the molecule is CCCCCCCCCCCCCCCC(=O)O[C@H](COC(=O)CCCCCCCCCC)COP(=O)(O)OC[C@H](O)COP(=O)(O)OC[C@@H](COC(=O)CCCCCCCCCCCCCCCCCC(C)C)OC(=O)CCCCCCCCCCCCCCCCCC(C)C. The molecule has 0 saturated carbocycles. The van der Waals surface area contributed by atoms with Crippen molar-refractivity contribution in [2.75, 3.05) is 39.6 Å². The molecule has 0 saturated heterocycles. The second-order valence-corrected chi connectivity index (χ2v) is 32.0.